The van der Waals surface area contributed by atoms with Crippen molar-refractivity contribution in [3.63, 3.8) is 0 Å². The molecule has 2 aromatic rings. The molecular weight excluding hydrogens is 430 g/mol. The summed E-state index contributed by atoms with van der Waals surface area (Å²) >= 11 is 0. The number of pyridine rings is 1. The van der Waals surface area contributed by atoms with E-state index in [0.717, 1.165) is 64.2 Å². The average molecular weight is 461 g/mol. The van der Waals surface area contributed by atoms with E-state index >= 15 is 0 Å². The molecule has 3 aliphatic rings. The summed E-state index contributed by atoms with van der Waals surface area (Å²) in [6.45, 7) is 3.62. The summed E-state index contributed by atoms with van der Waals surface area (Å²) in [5.74, 6) is 0.813. The number of morpholine rings is 1. The lowest BCUT2D eigenvalue weighted by Crippen LogP contribution is -2.53. The SMILES string of the molecule is C[C@H]1COCCN1C1CC(c2cc(-c3cnc(N)c(OC(F)F)c3)nc(N3CCCC3)n2)C1. The Kier molecular flexibility index (Phi) is 6.29. The molecule has 10 heteroatoms. The zero-order valence-electron chi connectivity index (χ0n) is 18.8. The maximum Gasteiger partial charge on any atom is 0.387 e. The van der Waals surface area contributed by atoms with Crippen molar-refractivity contribution in [2.45, 2.75) is 57.2 Å². The molecule has 1 aliphatic carbocycles. The van der Waals surface area contributed by atoms with Crippen molar-refractivity contribution in [3.8, 4) is 17.0 Å². The van der Waals surface area contributed by atoms with Crippen LogP contribution in [-0.2, 0) is 4.74 Å². The van der Waals surface area contributed by atoms with Crippen LogP contribution in [0, 0.1) is 0 Å². The van der Waals surface area contributed by atoms with Gasteiger partial charge in [-0.2, -0.15) is 8.78 Å². The molecule has 0 bridgehead atoms. The highest BCUT2D eigenvalue weighted by molar-refractivity contribution is 5.65. The Labute approximate surface area is 192 Å². The first kappa shape index (κ1) is 22.2. The summed E-state index contributed by atoms with van der Waals surface area (Å²) in [7, 11) is 0. The first-order valence-corrected chi connectivity index (χ1v) is 11.7. The third kappa shape index (κ3) is 4.72. The number of nitrogen functional groups attached to an aromatic ring is 1. The van der Waals surface area contributed by atoms with Crippen LogP contribution in [0.5, 0.6) is 5.75 Å². The second-order valence-corrected chi connectivity index (χ2v) is 9.14. The van der Waals surface area contributed by atoms with E-state index in [1.54, 1.807) is 6.20 Å². The number of alkyl halides is 2. The maximum absolute atomic E-state index is 12.8. The number of rotatable bonds is 6. The second kappa shape index (κ2) is 9.34. The number of nitrogens with zero attached hydrogens (tertiary/aromatic N) is 5. The number of halogens is 2. The lowest BCUT2D eigenvalue weighted by atomic mass is 9.76. The molecule has 2 saturated heterocycles. The highest BCUT2D eigenvalue weighted by atomic mass is 19.3. The molecule has 5 rings (SSSR count). The minimum atomic E-state index is -2.97. The van der Waals surface area contributed by atoms with Gasteiger partial charge in [0.15, 0.2) is 11.6 Å². The van der Waals surface area contributed by atoms with Crippen LogP contribution < -0.4 is 15.4 Å². The van der Waals surface area contributed by atoms with Gasteiger partial charge in [0.25, 0.3) is 0 Å². The fraction of sp³-hybridized carbons (Fsp3) is 0.609. The van der Waals surface area contributed by atoms with Gasteiger partial charge in [-0.1, -0.05) is 0 Å². The van der Waals surface area contributed by atoms with E-state index in [-0.39, 0.29) is 11.6 Å². The Morgan fingerprint density at radius 3 is 2.67 bits per heavy atom. The highest BCUT2D eigenvalue weighted by Crippen LogP contribution is 2.41. The molecule has 1 atom stereocenters. The molecule has 0 aromatic carbocycles. The fourth-order valence-electron chi connectivity index (χ4n) is 5.04. The second-order valence-electron chi connectivity index (χ2n) is 9.14. The molecule has 0 radical (unpaired) electrons. The van der Waals surface area contributed by atoms with E-state index in [9.17, 15) is 8.78 Å². The summed E-state index contributed by atoms with van der Waals surface area (Å²) in [6.07, 6.45) is 5.85. The molecule has 0 spiro atoms. The van der Waals surface area contributed by atoms with Crippen LogP contribution >= 0.6 is 0 Å². The molecule has 2 N–H and O–H groups in total. The van der Waals surface area contributed by atoms with Crippen LogP contribution in [0.3, 0.4) is 0 Å². The molecule has 4 heterocycles. The predicted molar refractivity (Wildman–Crippen MR) is 121 cm³/mol. The van der Waals surface area contributed by atoms with Gasteiger partial charge in [0.2, 0.25) is 5.95 Å². The van der Waals surface area contributed by atoms with E-state index < -0.39 is 6.61 Å². The minimum absolute atomic E-state index is 0.0745. The third-order valence-corrected chi connectivity index (χ3v) is 6.94. The first-order valence-electron chi connectivity index (χ1n) is 11.7. The van der Waals surface area contributed by atoms with Gasteiger partial charge in [-0.05, 0) is 44.7 Å². The maximum atomic E-state index is 12.8. The van der Waals surface area contributed by atoms with Crippen LogP contribution in [0.2, 0.25) is 0 Å². The van der Waals surface area contributed by atoms with Crippen molar-refractivity contribution in [3.05, 3.63) is 24.0 Å². The Bertz CT molecular complexity index is 981. The fourth-order valence-corrected chi connectivity index (χ4v) is 5.04. The molecule has 8 nitrogen and oxygen atoms in total. The van der Waals surface area contributed by atoms with Crippen LogP contribution in [0.15, 0.2) is 18.3 Å². The van der Waals surface area contributed by atoms with E-state index in [4.69, 9.17) is 20.4 Å². The molecule has 0 amide bonds. The van der Waals surface area contributed by atoms with Crippen molar-refractivity contribution in [1.29, 1.82) is 0 Å². The molecule has 0 unspecified atom stereocenters. The number of ether oxygens (including phenoxy) is 2. The Balaban J connectivity index is 1.42. The van der Waals surface area contributed by atoms with Crippen molar-refractivity contribution >= 4 is 11.8 Å². The van der Waals surface area contributed by atoms with Crippen molar-refractivity contribution < 1.29 is 18.3 Å². The Hall–Kier alpha value is -2.59. The predicted octanol–water partition coefficient (Wildman–Crippen LogP) is 3.29. The summed E-state index contributed by atoms with van der Waals surface area (Å²) in [5.41, 5.74) is 7.95. The van der Waals surface area contributed by atoms with Gasteiger partial charge in [0.1, 0.15) is 0 Å². The van der Waals surface area contributed by atoms with Gasteiger partial charge in [-0.15, -0.1) is 0 Å². The van der Waals surface area contributed by atoms with E-state index in [2.05, 4.69) is 26.4 Å². The third-order valence-electron chi connectivity index (χ3n) is 6.94. The minimum Gasteiger partial charge on any atom is -0.431 e. The topological polar surface area (TPSA) is 89.6 Å². The van der Waals surface area contributed by atoms with Crippen LogP contribution in [0.1, 0.15) is 44.2 Å². The van der Waals surface area contributed by atoms with Crippen LogP contribution in [-0.4, -0.2) is 71.4 Å². The van der Waals surface area contributed by atoms with Crippen molar-refractivity contribution in [1.82, 2.24) is 19.9 Å². The van der Waals surface area contributed by atoms with Gasteiger partial charge in [-0.25, -0.2) is 15.0 Å². The summed E-state index contributed by atoms with van der Waals surface area (Å²) in [5, 5.41) is 0. The zero-order chi connectivity index (χ0) is 22.9. The molecule has 2 aromatic heterocycles. The number of nitrogens with two attached hydrogens (primary N) is 1. The molecular formula is C23H30F2N6O2. The summed E-state index contributed by atoms with van der Waals surface area (Å²) in [4.78, 5) is 18.5. The Morgan fingerprint density at radius 2 is 1.94 bits per heavy atom. The number of aromatic nitrogens is 3. The van der Waals surface area contributed by atoms with Gasteiger partial charge >= 0.3 is 6.61 Å². The average Bonchev–Trinajstić information content (AvgIpc) is 3.30. The smallest absolute Gasteiger partial charge is 0.387 e. The monoisotopic (exact) mass is 460 g/mol. The number of anilines is 2. The first-order chi connectivity index (χ1) is 16.0. The van der Waals surface area contributed by atoms with E-state index in [1.165, 1.54) is 6.07 Å². The summed E-state index contributed by atoms with van der Waals surface area (Å²) < 4.78 is 35.7. The number of hydrogen-bond acceptors (Lipinski definition) is 8. The van der Waals surface area contributed by atoms with E-state index in [0.29, 0.717) is 35.2 Å². The standard InChI is InChI=1S/C23H30F2N6O2/c1-14-13-32-7-6-31(14)17-8-15(9-17)18-11-19(29-23(28-18)30-4-2-3-5-30)16-10-20(33-22(24)25)21(26)27-12-16/h10-12,14-15,17,22H,2-9,13H2,1H3,(H2,26,27)/t14-,15?,17?/m0/s1. The van der Waals surface area contributed by atoms with Gasteiger partial charge < -0.3 is 20.1 Å². The molecule has 2 aliphatic heterocycles. The largest absolute Gasteiger partial charge is 0.431 e. The summed E-state index contributed by atoms with van der Waals surface area (Å²) in [6, 6.07) is 4.40. The lowest BCUT2D eigenvalue weighted by molar-refractivity contribution is -0.0494. The lowest BCUT2D eigenvalue weighted by Gasteiger charge is -2.47. The van der Waals surface area contributed by atoms with Crippen molar-refractivity contribution in [2.24, 2.45) is 0 Å². The van der Waals surface area contributed by atoms with Crippen LogP contribution in [0.25, 0.3) is 11.3 Å². The van der Waals surface area contributed by atoms with Crippen LogP contribution in [0.4, 0.5) is 20.5 Å². The highest BCUT2D eigenvalue weighted by Gasteiger charge is 2.38. The van der Waals surface area contributed by atoms with Gasteiger partial charge in [-0.3, -0.25) is 4.90 Å². The van der Waals surface area contributed by atoms with E-state index in [1.807, 2.05) is 6.07 Å². The van der Waals surface area contributed by atoms with Gasteiger partial charge in [0.05, 0.1) is 18.9 Å². The molecule has 3 fully saturated rings. The molecule has 1 saturated carbocycles. The zero-order valence-corrected chi connectivity index (χ0v) is 18.8. The quantitative estimate of drug-likeness (QED) is 0.703. The molecule has 33 heavy (non-hydrogen) atoms. The Morgan fingerprint density at radius 1 is 1.15 bits per heavy atom. The van der Waals surface area contributed by atoms with Crippen molar-refractivity contribution in [2.75, 3.05) is 43.5 Å². The normalized spacial score (nSPS) is 25.9. The van der Waals surface area contributed by atoms with Gasteiger partial charge in [0, 0.05) is 55.1 Å². The number of hydrogen-bond donors (Lipinski definition) is 1. The molecule has 178 valence electrons.